The third kappa shape index (κ3) is 2.49. The summed E-state index contributed by atoms with van der Waals surface area (Å²) in [6, 6.07) is 6.28. The van der Waals surface area contributed by atoms with Crippen LogP contribution in [0.25, 0.3) is 0 Å². The van der Waals surface area contributed by atoms with Crippen LogP contribution in [0.3, 0.4) is 0 Å². The van der Waals surface area contributed by atoms with Gasteiger partial charge in [0.15, 0.2) is 0 Å². The smallest absolute Gasteiger partial charge is 0.0647 e. The number of pyridine rings is 1. The van der Waals surface area contributed by atoms with Crippen LogP contribution < -0.4 is 5.73 Å². The van der Waals surface area contributed by atoms with E-state index in [1.165, 1.54) is 5.57 Å². The number of aromatic nitrogens is 1. The molecule has 1 aromatic heterocycles. The molecule has 2 rings (SSSR count). The van der Waals surface area contributed by atoms with Crippen molar-refractivity contribution in [2.75, 3.05) is 19.6 Å². The fourth-order valence-corrected chi connectivity index (χ4v) is 2.10. The average molecular weight is 217 g/mol. The van der Waals surface area contributed by atoms with Gasteiger partial charge in [0.1, 0.15) is 0 Å². The Morgan fingerprint density at radius 2 is 2.38 bits per heavy atom. The van der Waals surface area contributed by atoms with E-state index in [9.17, 15) is 0 Å². The topological polar surface area (TPSA) is 42.1 Å². The normalized spacial score (nSPS) is 19.2. The maximum atomic E-state index is 5.87. The van der Waals surface area contributed by atoms with Crippen LogP contribution in [0, 0.1) is 0 Å². The summed E-state index contributed by atoms with van der Waals surface area (Å²) in [4.78, 5) is 6.80. The van der Waals surface area contributed by atoms with Crippen molar-refractivity contribution < 1.29 is 0 Å². The molecule has 1 atom stereocenters. The summed E-state index contributed by atoms with van der Waals surface area (Å²) in [6.07, 6.45) is 5.27. The van der Waals surface area contributed by atoms with Crippen molar-refractivity contribution in [1.29, 1.82) is 0 Å². The number of rotatable bonds is 3. The minimum absolute atomic E-state index is 0.255. The van der Waals surface area contributed by atoms with Crippen LogP contribution in [0.15, 0.2) is 36.0 Å². The minimum Gasteiger partial charge on any atom is -0.329 e. The second-order valence-corrected chi connectivity index (χ2v) is 4.30. The Kier molecular flexibility index (Phi) is 3.70. The first-order valence-corrected chi connectivity index (χ1v) is 5.82. The van der Waals surface area contributed by atoms with Gasteiger partial charge in [-0.2, -0.15) is 0 Å². The molecule has 0 aromatic carbocycles. The predicted molar refractivity (Wildman–Crippen MR) is 66.0 cm³/mol. The molecule has 0 aliphatic carbocycles. The van der Waals surface area contributed by atoms with Gasteiger partial charge in [-0.1, -0.05) is 17.7 Å². The number of hydrogen-bond donors (Lipinski definition) is 1. The van der Waals surface area contributed by atoms with E-state index in [1.807, 2.05) is 18.3 Å². The molecule has 16 heavy (non-hydrogen) atoms. The molecule has 3 nitrogen and oxygen atoms in total. The van der Waals surface area contributed by atoms with Crippen molar-refractivity contribution in [2.45, 2.75) is 19.4 Å². The molecule has 1 unspecified atom stereocenters. The van der Waals surface area contributed by atoms with Gasteiger partial charge in [0.2, 0.25) is 0 Å². The Morgan fingerprint density at radius 1 is 1.50 bits per heavy atom. The van der Waals surface area contributed by atoms with Gasteiger partial charge in [0.05, 0.1) is 11.7 Å². The zero-order valence-corrected chi connectivity index (χ0v) is 9.76. The van der Waals surface area contributed by atoms with Crippen LogP contribution >= 0.6 is 0 Å². The monoisotopic (exact) mass is 217 g/mol. The zero-order chi connectivity index (χ0) is 11.4. The lowest BCUT2D eigenvalue weighted by molar-refractivity contribution is 0.213. The van der Waals surface area contributed by atoms with Crippen molar-refractivity contribution in [3.8, 4) is 0 Å². The Labute approximate surface area is 97.0 Å². The van der Waals surface area contributed by atoms with E-state index in [4.69, 9.17) is 5.73 Å². The lowest BCUT2D eigenvalue weighted by Crippen LogP contribution is -2.37. The number of nitrogens with zero attached hydrogens (tertiary/aromatic N) is 2. The molecule has 3 heteroatoms. The fraction of sp³-hybridized carbons (Fsp3) is 0.462. The van der Waals surface area contributed by atoms with Crippen LogP contribution in [0.1, 0.15) is 25.1 Å². The number of nitrogens with two attached hydrogens (primary N) is 1. The summed E-state index contributed by atoms with van der Waals surface area (Å²) in [5.41, 5.74) is 8.43. The molecule has 0 saturated carbocycles. The molecule has 0 amide bonds. The third-order valence-corrected chi connectivity index (χ3v) is 3.16. The molecule has 0 saturated heterocycles. The van der Waals surface area contributed by atoms with E-state index < -0.39 is 0 Å². The van der Waals surface area contributed by atoms with E-state index in [1.54, 1.807) is 0 Å². The van der Waals surface area contributed by atoms with Crippen LogP contribution in [-0.4, -0.2) is 29.5 Å². The summed E-state index contributed by atoms with van der Waals surface area (Å²) < 4.78 is 0. The van der Waals surface area contributed by atoms with Gasteiger partial charge < -0.3 is 5.73 Å². The van der Waals surface area contributed by atoms with Gasteiger partial charge >= 0.3 is 0 Å². The lowest BCUT2D eigenvalue weighted by Gasteiger charge is -2.32. The molecule has 2 N–H and O–H groups in total. The van der Waals surface area contributed by atoms with Gasteiger partial charge in [-0.15, -0.1) is 0 Å². The highest BCUT2D eigenvalue weighted by Gasteiger charge is 2.20. The molecule has 2 heterocycles. The third-order valence-electron chi connectivity index (χ3n) is 3.16. The molecule has 1 aromatic rings. The molecule has 1 aliphatic rings. The molecular formula is C13H19N3. The highest BCUT2D eigenvalue weighted by atomic mass is 15.2. The van der Waals surface area contributed by atoms with E-state index in [2.05, 4.69) is 29.0 Å². The Balaban J connectivity index is 2.12. The van der Waals surface area contributed by atoms with Crippen LogP contribution in [-0.2, 0) is 0 Å². The van der Waals surface area contributed by atoms with Gasteiger partial charge in [-0.05, 0) is 25.5 Å². The second kappa shape index (κ2) is 5.23. The Bertz CT molecular complexity index is 359. The first-order chi connectivity index (χ1) is 7.81. The summed E-state index contributed by atoms with van der Waals surface area (Å²) in [7, 11) is 0. The maximum absolute atomic E-state index is 5.87. The fourth-order valence-electron chi connectivity index (χ4n) is 2.10. The predicted octanol–water partition coefficient (Wildman–Crippen LogP) is 1.73. The van der Waals surface area contributed by atoms with Crippen LogP contribution in [0.4, 0.5) is 0 Å². The Morgan fingerprint density at radius 3 is 2.94 bits per heavy atom. The van der Waals surface area contributed by atoms with Crippen molar-refractivity contribution in [2.24, 2.45) is 5.73 Å². The Hall–Kier alpha value is -1.19. The summed E-state index contributed by atoms with van der Waals surface area (Å²) in [5.74, 6) is 0. The molecule has 0 radical (unpaired) electrons. The minimum atomic E-state index is 0.255. The van der Waals surface area contributed by atoms with Crippen molar-refractivity contribution in [3.05, 3.63) is 41.7 Å². The quantitative estimate of drug-likeness (QED) is 0.784. The SMILES string of the molecule is CC1=CCN(C(CN)c2ccccn2)CC1. The van der Waals surface area contributed by atoms with Gasteiger partial charge in [0, 0.05) is 25.8 Å². The van der Waals surface area contributed by atoms with E-state index in [-0.39, 0.29) is 6.04 Å². The molecule has 86 valence electrons. The maximum Gasteiger partial charge on any atom is 0.0647 e. The average Bonchev–Trinajstić information content (AvgIpc) is 2.34. The van der Waals surface area contributed by atoms with E-state index in [0.717, 1.165) is 25.2 Å². The molecule has 0 bridgehead atoms. The van der Waals surface area contributed by atoms with Crippen LogP contribution in [0.2, 0.25) is 0 Å². The molecular weight excluding hydrogens is 198 g/mol. The zero-order valence-electron chi connectivity index (χ0n) is 9.76. The standard InChI is InChI=1S/C13H19N3/c1-11-5-8-16(9-6-11)13(10-14)12-4-2-3-7-15-12/h2-5,7,13H,6,8-10,14H2,1H3. The summed E-state index contributed by atoms with van der Waals surface area (Å²) in [5, 5.41) is 0. The lowest BCUT2D eigenvalue weighted by atomic mass is 10.1. The number of hydrogen-bond acceptors (Lipinski definition) is 3. The first-order valence-electron chi connectivity index (χ1n) is 5.82. The summed E-state index contributed by atoms with van der Waals surface area (Å²) >= 11 is 0. The van der Waals surface area contributed by atoms with Crippen molar-refractivity contribution >= 4 is 0 Å². The molecule has 0 spiro atoms. The van der Waals surface area contributed by atoms with Crippen molar-refractivity contribution in [1.82, 2.24) is 9.88 Å². The second-order valence-electron chi connectivity index (χ2n) is 4.30. The molecule has 0 fully saturated rings. The highest BCUT2D eigenvalue weighted by Crippen LogP contribution is 2.21. The summed E-state index contributed by atoms with van der Waals surface area (Å²) in [6.45, 7) is 4.89. The molecule has 1 aliphatic heterocycles. The van der Waals surface area contributed by atoms with E-state index >= 15 is 0 Å². The highest BCUT2D eigenvalue weighted by molar-refractivity contribution is 5.12. The van der Waals surface area contributed by atoms with Gasteiger partial charge in [0.25, 0.3) is 0 Å². The van der Waals surface area contributed by atoms with E-state index in [0.29, 0.717) is 6.54 Å². The van der Waals surface area contributed by atoms with Crippen LogP contribution in [0.5, 0.6) is 0 Å². The van der Waals surface area contributed by atoms with Gasteiger partial charge in [-0.25, -0.2) is 0 Å². The van der Waals surface area contributed by atoms with Crippen molar-refractivity contribution in [3.63, 3.8) is 0 Å². The largest absolute Gasteiger partial charge is 0.329 e. The first kappa shape index (κ1) is 11.3. The van der Waals surface area contributed by atoms with Gasteiger partial charge in [-0.3, -0.25) is 9.88 Å².